The van der Waals surface area contributed by atoms with Crippen LogP contribution in [0.4, 0.5) is 4.79 Å². The van der Waals surface area contributed by atoms with Gasteiger partial charge < -0.3 is 14.9 Å². The third kappa shape index (κ3) is 6.32. The van der Waals surface area contributed by atoms with Gasteiger partial charge in [-0.25, -0.2) is 19.8 Å². The predicted octanol–water partition coefficient (Wildman–Crippen LogP) is 1.53. The van der Waals surface area contributed by atoms with E-state index in [0.29, 0.717) is 37.0 Å². The standard InChI is InChI=1S/C18H18N4O4S.C6H11NO2/c23-11-13-5-3-8-21-16(24)7-9-20(18(26)22(13)21)19-17(25)15-10-12-4-1-2-6-14(12)27-15;1-5(9)3-6(4-8)7-2/h1-2,4,6,10-11,13H,3,5,7-9H2,(H,19,25);4,6-7H,3H2,1-2H3/t13-;6-/m00/s1. The maximum absolute atomic E-state index is 12.9. The van der Waals surface area contributed by atoms with Crippen molar-refractivity contribution in [2.45, 2.75) is 44.7 Å². The lowest BCUT2D eigenvalue weighted by Crippen LogP contribution is -2.61. The number of nitrogens with one attached hydrogen (secondary N) is 2. The zero-order chi connectivity index (χ0) is 26.2. The number of benzene rings is 1. The topological polar surface area (TPSA) is 136 Å². The first kappa shape index (κ1) is 27.0. The van der Waals surface area contributed by atoms with Gasteiger partial charge in [0.2, 0.25) is 5.91 Å². The summed E-state index contributed by atoms with van der Waals surface area (Å²) >= 11 is 1.33. The van der Waals surface area contributed by atoms with Crippen molar-refractivity contribution in [3.05, 3.63) is 35.2 Å². The third-order valence-electron chi connectivity index (χ3n) is 5.79. The van der Waals surface area contributed by atoms with E-state index < -0.39 is 18.0 Å². The lowest BCUT2D eigenvalue weighted by Gasteiger charge is -2.41. The van der Waals surface area contributed by atoms with Gasteiger partial charge in [0.05, 0.1) is 17.5 Å². The van der Waals surface area contributed by atoms with Crippen LogP contribution in [-0.2, 0) is 19.2 Å². The number of Topliss-reactive ketones (excluding diaryl/α,β-unsaturated/α-hetero) is 1. The summed E-state index contributed by atoms with van der Waals surface area (Å²) in [7, 11) is 1.65. The Hall–Kier alpha value is -3.64. The molecule has 12 heteroatoms. The number of rotatable bonds is 7. The summed E-state index contributed by atoms with van der Waals surface area (Å²) in [5.74, 6) is -0.611. The van der Waals surface area contributed by atoms with Crippen molar-refractivity contribution < 1.29 is 28.8 Å². The smallest absolute Gasteiger partial charge is 0.310 e. The highest BCUT2D eigenvalue weighted by molar-refractivity contribution is 7.20. The average Bonchev–Trinajstić information content (AvgIpc) is 3.28. The normalized spacial score (nSPS) is 18.5. The minimum atomic E-state index is -0.697. The van der Waals surface area contributed by atoms with E-state index in [1.54, 1.807) is 13.1 Å². The van der Waals surface area contributed by atoms with Crippen LogP contribution in [0.15, 0.2) is 30.3 Å². The second kappa shape index (κ2) is 12.4. The summed E-state index contributed by atoms with van der Waals surface area (Å²) < 4.78 is 0.975. The highest BCUT2D eigenvalue weighted by Gasteiger charge is 2.41. The van der Waals surface area contributed by atoms with E-state index in [2.05, 4.69) is 10.7 Å². The van der Waals surface area contributed by atoms with Crippen LogP contribution >= 0.6 is 11.3 Å². The van der Waals surface area contributed by atoms with E-state index >= 15 is 0 Å². The summed E-state index contributed by atoms with van der Waals surface area (Å²) in [4.78, 5) is 70.2. The van der Waals surface area contributed by atoms with Crippen LogP contribution < -0.4 is 10.7 Å². The molecule has 192 valence electrons. The number of hydrogen-bond donors (Lipinski definition) is 2. The molecular weight excluding hydrogens is 486 g/mol. The van der Waals surface area contributed by atoms with Gasteiger partial charge in [-0.1, -0.05) is 18.2 Å². The van der Waals surface area contributed by atoms with Crippen LogP contribution in [0.1, 0.15) is 42.3 Å². The molecule has 0 unspecified atom stereocenters. The summed E-state index contributed by atoms with van der Waals surface area (Å²) in [5, 5.41) is 7.29. The number of amides is 4. The molecule has 2 atom stereocenters. The highest BCUT2D eigenvalue weighted by Crippen LogP contribution is 2.26. The Bertz CT molecular complexity index is 1120. The largest absolute Gasteiger partial charge is 0.358 e. The SMILES string of the molecule is CN[C@H](C=O)CC(C)=O.O=C[C@@H]1CCCN2C(=O)CCN(NC(=O)c3cc4ccccc4s3)C(=O)N12. The molecule has 2 aromatic rings. The molecule has 0 saturated carbocycles. The van der Waals surface area contributed by atoms with E-state index in [0.717, 1.165) is 21.4 Å². The van der Waals surface area contributed by atoms with Gasteiger partial charge in [-0.05, 0) is 44.3 Å². The van der Waals surface area contributed by atoms with E-state index in [9.17, 15) is 28.8 Å². The van der Waals surface area contributed by atoms with Crippen LogP contribution in [0.2, 0.25) is 0 Å². The first-order valence-electron chi connectivity index (χ1n) is 11.6. The Labute approximate surface area is 212 Å². The lowest BCUT2D eigenvalue weighted by molar-refractivity contribution is -0.151. The number of fused-ring (bicyclic) bond motifs is 2. The molecule has 0 radical (unpaired) electrons. The number of hydrazine groups is 2. The number of urea groups is 1. The zero-order valence-electron chi connectivity index (χ0n) is 20.1. The second-order valence-electron chi connectivity index (χ2n) is 8.42. The molecule has 4 amide bonds. The van der Waals surface area contributed by atoms with Gasteiger partial charge in [-0.3, -0.25) is 19.8 Å². The minimum absolute atomic E-state index is 0.0291. The molecule has 2 fully saturated rings. The molecule has 3 heterocycles. The van der Waals surface area contributed by atoms with Crippen LogP contribution in [0.3, 0.4) is 0 Å². The molecule has 2 aliphatic rings. The fourth-order valence-electron chi connectivity index (χ4n) is 3.93. The molecule has 0 bridgehead atoms. The number of ketones is 1. The maximum Gasteiger partial charge on any atom is 0.358 e. The Balaban J connectivity index is 0.000000345. The average molecular weight is 516 g/mol. The molecule has 2 saturated heterocycles. The Morgan fingerprint density at radius 3 is 2.56 bits per heavy atom. The van der Waals surface area contributed by atoms with Crippen LogP contribution in [0, 0.1) is 0 Å². The van der Waals surface area contributed by atoms with Crippen molar-refractivity contribution in [3.63, 3.8) is 0 Å². The number of hydrogen-bond acceptors (Lipinski definition) is 8. The summed E-state index contributed by atoms with van der Waals surface area (Å²) in [5.41, 5.74) is 2.60. The van der Waals surface area contributed by atoms with Crippen molar-refractivity contribution >= 4 is 57.6 Å². The summed E-state index contributed by atoms with van der Waals surface area (Å²) in [6.45, 7) is 1.92. The van der Waals surface area contributed by atoms with E-state index in [1.807, 2.05) is 24.3 Å². The van der Waals surface area contributed by atoms with E-state index in [4.69, 9.17) is 0 Å². The van der Waals surface area contributed by atoms with Crippen molar-refractivity contribution in [2.75, 3.05) is 20.1 Å². The van der Waals surface area contributed by atoms with Gasteiger partial charge in [0, 0.05) is 24.1 Å². The fraction of sp³-hybridized carbons (Fsp3) is 0.417. The lowest BCUT2D eigenvalue weighted by atomic mass is 10.1. The number of carbonyl (C=O) groups excluding carboxylic acids is 6. The van der Waals surface area contributed by atoms with Crippen molar-refractivity contribution in [3.8, 4) is 0 Å². The van der Waals surface area contributed by atoms with E-state index in [1.165, 1.54) is 28.3 Å². The molecule has 2 aliphatic heterocycles. The number of thiophene rings is 1. The first-order valence-corrected chi connectivity index (χ1v) is 12.4. The zero-order valence-corrected chi connectivity index (χ0v) is 21.0. The molecule has 1 aromatic heterocycles. The van der Waals surface area contributed by atoms with Gasteiger partial charge in [0.1, 0.15) is 24.4 Å². The molecule has 1 aromatic carbocycles. The quantitative estimate of drug-likeness (QED) is 0.534. The molecule has 2 N–H and O–H groups in total. The van der Waals surface area contributed by atoms with Crippen molar-refractivity contribution in [1.82, 2.24) is 25.8 Å². The molecule has 0 aliphatic carbocycles. The molecule has 36 heavy (non-hydrogen) atoms. The van der Waals surface area contributed by atoms with Gasteiger partial charge in [0.25, 0.3) is 5.91 Å². The Kier molecular flexibility index (Phi) is 9.25. The van der Waals surface area contributed by atoms with Crippen molar-refractivity contribution in [1.29, 1.82) is 0 Å². The Morgan fingerprint density at radius 1 is 1.19 bits per heavy atom. The Morgan fingerprint density at radius 2 is 1.94 bits per heavy atom. The number of likely N-dealkylation sites (N-methyl/N-ethyl adjacent to an activating group) is 1. The number of carbonyl (C=O) groups is 6. The highest BCUT2D eigenvalue weighted by atomic mass is 32.1. The predicted molar refractivity (Wildman–Crippen MR) is 133 cm³/mol. The van der Waals surface area contributed by atoms with Gasteiger partial charge in [-0.15, -0.1) is 11.3 Å². The summed E-state index contributed by atoms with van der Waals surface area (Å²) in [6, 6.07) is 7.84. The third-order valence-corrected chi connectivity index (χ3v) is 6.91. The monoisotopic (exact) mass is 515 g/mol. The van der Waals surface area contributed by atoms with Crippen molar-refractivity contribution in [2.24, 2.45) is 0 Å². The molecular formula is C24H29N5O6S. The fourth-order valence-corrected chi connectivity index (χ4v) is 4.89. The van der Waals surface area contributed by atoms with Gasteiger partial charge >= 0.3 is 6.03 Å². The molecule has 0 spiro atoms. The van der Waals surface area contributed by atoms with Gasteiger partial charge in [-0.2, -0.15) is 0 Å². The van der Waals surface area contributed by atoms with Gasteiger partial charge in [0.15, 0.2) is 0 Å². The second-order valence-corrected chi connectivity index (χ2v) is 9.50. The maximum atomic E-state index is 12.9. The summed E-state index contributed by atoms with van der Waals surface area (Å²) in [6.07, 6.45) is 2.95. The first-order chi connectivity index (χ1) is 17.3. The van der Waals surface area contributed by atoms with Crippen LogP contribution in [0.5, 0.6) is 0 Å². The molecule has 4 rings (SSSR count). The molecule has 11 nitrogen and oxygen atoms in total. The van der Waals surface area contributed by atoms with Crippen LogP contribution in [-0.4, -0.2) is 83.4 Å². The number of nitrogens with zero attached hydrogens (tertiary/aromatic N) is 3. The number of aldehydes is 2. The van der Waals surface area contributed by atoms with Crippen LogP contribution in [0.25, 0.3) is 10.1 Å². The minimum Gasteiger partial charge on any atom is -0.310 e. The van der Waals surface area contributed by atoms with E-state index in [-0.39, 0.29) is 30.7 Å².